The molecular weight excluding hydrogens is 400 g/mol. The SMILES string of the molecule is CC(C)CC(=O)N1CCCC(COc2ccc(Cl)cc2)(CC(=O)N2CCCCC2)C1. The van der Waals surface area contributed by atoms with Gasteiger partial charge in [0.25, 0.3) is 0 Å². The average molecular weight is 435 g/mol. The second-order valence-electron chi connectivity index (χ2n) is 9.38. The molecule has 0 N–H and O–H groups in total. The summed E-state index contributed by atoms with van der Waals surface area (Å²) in [5, 5.41) is 0.667. The number of carbonyl (C=O) groups excluding carboxylic acids is 2. The minimum atomic E-state index is -0.348. The zero-order valence-corrected chi connectivity index (χ0v) is 19.1. The molecule has 166 valence electrons. The summed E-state index contributed by atoms with van der Waals surface area (Å²) in [6.07, 6.45) is 6.15. The lowest BCUT2D eigenvalue weighted by Crippen LogP contribution is -2.51. The second kappa shape index (κ2) is 10.5. The van der Waals surface area contributed by atoms with Crippen LogP contribution in [0, 0.1) is 11.3 Å². The number of nitrogens with zero attached hydrogens (tertiary/aromatic N) is 2. The molecule has 0 aliphatic carbocycles. The maximum atomic E-state index is 13.1. The minimum Gasteiger partial charge on any atom is -0.493 e. The summed E-state index contributed by atoms with van der Waals surface area (Å²) >= 11 is 5.99. The number of hydrogen-bond acceptors (Lipinski definition) is 3. The fourth-order valence-electron chi connectivity index (χ4n) is 4.56. The average Bonchev–Trinajstić information content (AvgIpc) is 2.74. The molecule has 2 heterocycles. The Labute approximate surface area is 185 Å². The van der Waals surface area contributed by atoms with Gasteiger partial charge in [0.2, 0.25) is 11.8 Å². The van der Waals surface area contributed by atoms with Crippen molar-refractivity contribution in [1.82, 2.24) is 9.80 Å². The molecule has 2 amide bonds. The van der Waals surface area contributed by atoms with Crippen molar-refractivity contribution in [3.8, 4) is 5.75 Å². The highest BCUT2D eigenvalue weighted by Gasteiger charge is 2.41. The van der Waals surface area contributed by atoms with E-state index < -0.39 is 0 Å². The Morgan fingerprint density at radius 3 is 2.33 bits per heavy atom. The fourth-order valence-corrected chi connectivity index (χ4v) is 4.68. The molecule has 5 nitrogen and oxygen atoms in total. The fraction of sp³-hybridized carbons (Fsp3) is 0.667. The number of hydrogen-bond donors (Lipinski definition) is 0. The molecular formula is C24H35ClN2O3. The Morgan fingerprint density at radius 2 is 1.67 bits per heavy atom. The maximum Gasteiger partial charge on any atom is 0.223 e. The molecule has 0 saturated carbocycles. The van der Waals surface area contributed by atoms with Gasteiger partial charge in [-0.15, -0.1) is 0 Å². The third-order valence-corrected chi connectivity index (χ3v) is 6.44. The first kappa shape index (κ1) is 22.9. The van der Waals surface area contributed by atoms with Gasteiger partial charge in [0.05, 0.1) is 6.61 Å². The Hall–Kier alpha value is -1.75. The van der Waals surface area contributed by atoms with Crippen LogP contribution in [0.2, 0.25) is 5.02 Å². The van der Waals surface area contributed by atoms with E-state index in [1.807, 2.05) is 34.1 Å². The van der Waals surface area contributed by atoms with Gasteiger partial charge >= 0.3 is 0 Å². The summed E-state index contributed by atoms with van der Waals surface area (Å²) in [6, 6.07) is 7.32. The van der Waals surface area contributed by atoms with E-state index in [9.17, 15) is 9.59 Å². The summed E-state index contributed by atoms with van der Waals surface area (Å²) in [5.41, 5.74) is -0.348. The van der Waals surface area contributed by atoms with Crippen molar-refractivity contribution in [3.63, 3.8) is 0 Å². The lowest BCUT2D eigenvalue weighted by atomic mass is 9.77. The number of carbonyl (C=O) groups is 2. The van der Waals surface area contributed by atoms with Crippen LogP contribution in [0.15, 0.2) is 24.3 Å². The normalized spacial score (nSPS) is 22.3. The molecule has 0 spiro atoms. The molecule has 0 radical (unpaired) electrons. The van der Waals surface area contributed by atoms with Crippen LogP contribution < -0.4 is 4.74 Å². The minimum absolute atomic E-state index is 0.186. The Morgan fingerprint density at radius 1 is 1.00 bits per heavy atom. The van der Waals surface area contributed by atoms with E-state index in [1.54, 1.807) is 0 Å². The largest absolute Gasteiger partial charge is 0.493 e. The van der Waals surface area contributed by atoms with Crippen molar-refractivity contribution < 1.29 is 14.3 Å². The zero-order valence-electron chi connectivity index (χ0n) is 18.4. The van der Waals surface area contributed by atoms with E-state index in [0.717, 1.165) is 51.1 Å². The van der Waals surface area contributed by atoms with Gasteiger partial charge in [0, 0.05) is 49.5 Å². The summed E-state index contributed by atoms with van der Waals surface area (Å²) < 4.78 is 6.13. The van der Waals surface area contributed by atoms with Crippen molar-refractivity contribution in [1.29, 1.82) is 0 Å². The van der Waals surface area contributed by atoms with E-state index >= 15 is 0 Å². The molecule has 1 aromatic rings. The molecule has 2 aliphatic rings. The summed E-state index contributed by atoms with van der Waals surface area (Å²) in [6.45, 7) is 7.63. The van der Waals surface area contributed by atoms with Crippen molar-refractivity contribution in [2.45, 2.75) is 58.8 Å². The summed E-state index contributed by atoms with van der Waals surface area (Å²) in [4.78, 5) is 29.9. The van der Waals surface area contributed by atoms with E-state index in [4.69, 9.17) is 16.3 Å². The molecule has 6 heteroatoms. The predicted molar refractivity (Wildman–Crippen MR) is 120 cm³/mol. The molecule has 3 rings (SSSR count). The van der Waals surface area contributed by atoms with Crippen molar-refractivity contribution in [2.24, 2.45) is 11.3 Å². The number of piperidine rings is 2. The van der Waals surface area contributed by atoms with Crippen molar-refractivity contribution in [3.05, 3.63) is 29.3 Å². The van der Waals surface area contributed by atoms with Crippen LogP contribution in [-0.4, -0.2) is 54.4 Å². The molecule has 0 bridgehead atoms. The standard InChI is InChI=1S/C24H35ClN2O3/c1-19(2)15-22(28)27-14-6-11-24(17-27,16-23(29)26-12-4-3-5-13-26)18-30-21-9-7-20(25)8-10-21/h7-10,19H,3-6,11-18H2,1-2H3. The van der Waals surface area contributed by atoms with Crippen LogP contribution in [0.4, 0.5) is 0 Å². The van der Waals surface area contributed by atoms with Crippen LogP contribution in [0.25, 0.3) is 0 Å². The van der Waals surface area contributed by atoms with E-state index in [-0.39, 0.29) is 17.2 Å². The van der Waals surface area contributed by atoms with Gasteiger partial charge in [-0.05, 0) is 62.3 Å². The zero-order chi connectivity index (χ0) is 21.6. The van der Waals surface area contributed by atoms with Crippen LogP contribution in [0.3, 0.4) is 0 Å². The van der Waals surface area contributed by atoms with Gasteiger partial charge in [-0.1, -0.05) is 25.4 Å². The predicted octanol–water partition coefficient (Wildman–Crippen LogP) is 4.78. The van der Waals surface area contributed by atoms with E-state index in [1.165, 1.54) is 6.42 Å². The highest BCUT2D eigenvalue weighted by molar-refractivity contribution is 6.30. The van der Waals surface area contributed by atoms with Crippen LogP contribution in [0.5, 0.6) is 5.75 Å². The van der Waals surface area contributed by atoms with Gasteiger partial charge in [-0.3, -0.25) is 9.59 Å². The van der Waals surface area contributed by atoms with Gasteiger partial charge in [-0.2, -0.15) is 0 Å². The van der Waals surface area contributed by atoms with Crippen LogP contribution in [0.1, 0.15) is 58.8 Å². The Bertz CT molecular complexity index is 716. The molecule has 0 aromatic heterocycles. The monoisotopic (exact) mass is 434 g/mol. The van der Waals surface area contributed by atoms with Gasteiger partial charge in [-0.25, -0.2) is 0 Å². The van der Waals surface area contributed by atoms with E-state index in [0.29, 0.717) is 36.9 Å². The third kappa shape index (κ3) is 6.37. The molecule has 1 unspecified atom stereocenters. The number of ether oxygens (including phenoxy) is 1. The molecule has 2 fully saturated rings. The highest BCUT2D eigenvalue weighted by Crippen LogP contribution is 2.36. The molecule has 1 aromatic carbocycles. The second-order valence-corrected chi connectivity index (χ2v) is 9.81. The quantitative estimate of drug-likeness (QED) is 0.620. The van der Waals surface area contributed by atoms with Gasteiger partial charge in [0.15, 0.2) is 0 Å². The first-order chi connectivity index (χ1) is 14.4. The van der Waals surface area contributed by atoms with E-state index in [2.05, 4.69) is 13.8 Å². The van der Waals surface area contributed by atoms with Gasteiger partial charge < -0.3 is 14.5 Å². The number of benzene rings is 1. The number of halogens is 1. The number of amides is 2. The highest BCUT2D eigenvalue weighted by atomic mass is 35.5. The Kier molecular flexibility index (Phi) is 8.04. The van der Waals surface area contributed by atoms with Crippen LogP contribution >= 0.6 is 11.6 Å². The van der Waals surface area contributed by atoms with Gasteiger partial charge in [0.1, 0.15) is 5.75 Å². The summed E-state index contributed by atoms with van der Waals surface area (Å²) in [7, 11) is 0. The first-order valence-corrected chi connectivity index (χ1v) is 11.7. The maximum absolute atomic E-state index is 13.1. The molecule has 2 saturated heterocycles. The number of likely N-dealkylation sites (tertiary alicyclic amines) is 2. The number of rotatable bonds is 7. The lowest BCUT2D eigenvalue weighted by Gasteiger charge is -2.43. The molecule has 30 heavy (non-hydrogen) atoms. The van der Waals surface area contributed by atoms with Crippen LogP contribution in [-0.2, 0) is 9.59 Å². The van der Waals surface area contributed by atoms with Crippen molar-refractivity contribution in [2.75, 3.05) is 32.8 Å². The van der Waals surface area contributed by atoms with Crippen molar-refractivity contribution >= 4 is 23.4 Å². The topological polar surface area (TPSA) is 49.9 Å². The third-order valence-electron chi connectivity index (χ3n) is 6.19. The first-order valence-electron chi connectivity index (χ1n) is 11.3. The molecule has 1 atom stereocenters. The molecule has 2 aliphatic heterocycles. The smallest absolute Gasteiger partial charge is 0.223 e. The summed E-state index contributed by atoms with van der Waals surface area (Å²) in [5.74, 6) is 1.46. The Balaban J connectivity index is 1.73. The lowest BCUT2D eigenvalue weighted by molar-refractivity contribution is -0.142.